The highest BCUT2D eigenvalue weighted by Gasteiger charge is 2.14. The van der Waals surface area contributed by atoms with Gasteiger partial charge in [0.2, 0.25) is 5.91 Å². The molecule has 2 aromatic carbocycles. The molecule has 0 unspecified atom stereocenters. The summed E-state index contributed by atoms with van der Waals surface area (Å²) in [5.41, 5.74) is 1.32. The molecule has 0 heterocycles. The molecule has 0 aliphatic carbocycles. The van der Waals surface area contributed by atoms with Crippen molar-refractivity contribution in [3.05, 3.63) is 58.6 Å². The van der Waals surface area contributed by atoms with Crippen LogP contribution in [0.15, 0.2) is 42.5 Å². The summed E-state index contributed by atoms with van der Waals surface area (Å²) in [5, 5.41) is 6.00. The maximum Gasteiger partial charge on any atom is 0.251 e. The normalized spacial score (nSPS) is 11.4. The van der Waals surface area contributed by atoms with Crippen molar-refractivity contribution in [2.45, 2.75) is 26.8 Å². The molecule has 2 rings (SSSR count). The van der Waals surface area contributed by atoms with Gasteiger partial charge < -0.3 is 20.1 Å². The molecule has 0 saturated carbocycles. The largest absolute Gasteiger partial charge is 0.490 e. The first-order chi connectivity index (χ1) is 13.4. The molecule has 28 heavy (non-hydrogen) atoms. The monoisotopic (exact) mass is 404 g/mol. The van der Waals surface area contributed by atoms with Gasteiger partial charge in [-0.05, 0) is 62.7 Å². The number of ether oxygens (including phenoxy) is 2. The number of amides is 2. The second kappa shape index (κ2) is 10.6. The van der Waals surface area contributed by atoms with Crippen molar-refractivity contribution in [3.8, 4) is 11.5 Å². The van der Waals surface area contributed by atoms with Crippen molar-refractivity contribution < 1.29 is 19.1 Å². The van der Waals surface area contributed by atoms with E-state index in [4.69, 9.17) is 21.1 Å². The topological polar surface area (TPSA) is 76.7 Å². The Morgan fingerprint density at radius 2 is 1.64 bits per heavy atom. The van der Waals surface area contributed by atoms with Gasteiger partial charge in [0, 0.05) is 10.6 Å². The number of hydrogen-bond acceptors (Lipinski definition) is 4. The van der Waals surface area contributed by atoms with E-state index in [1.54, 1.807) is 24.3 Å². The second-order valence-electron chi connectivity index (χ2n) is 6.05. The first kappa shape index (κ1) is 21.6. The SMILES string of the molecule is CCOc1ccc([C@H](C)NC(=O)CNC(=O)c2ccc(Cl)cc2)cc1OCC. The van der Waals surface area contributed by atoms with Crippen LogP contribution in [-0.2, 0) is 4.79 Å². The van der Waals surface area contributed by atoms with Gasteiger partial charge in [-0.1, -0.05) is 17.7 Å². The van der Waals surface area contributed by atoms with Crippen LogP contribution in [-0.4, -0.2) is 31.6 Å². The van der Waals surface area contributed by atoms with E-state index >= 15 is 0 Å². The Labute approximate surface area is 170 Å². The third-order valence-electron chi connectivity index (χ3n) is 3.96. The van der Waals surface area contributed by atoms with Crippen molar-refractivity contribution in [2.24, 2.45) is 0 Å². The standard InChI is InChI=1S/C21H25ClN2O4/c1-4-27-18-11-8-16(12-19(18)28-5-2)14(3)24-20(25)13-23-21(26)15-6-9-17(22)10-7-15/h6-12,14H,4-5,13H2,1-3H3,(H,23,26)(H,24,25)/t14-/m0/s1. The summed E-state index contributed by atoms with van der Waals surface area (Å²) in [4.78, 5) is 24.3. The third kappa shape index (κ3) is 6.16. The molecular weight excluding hydrogens is 380 g/mol. The first-order valence-corrected chi connectivity index (χ1v) is 9.55. The van der Waals surface area contributed by atoms with Crippen LogP contribution < -0.4 is 20.1 Å². The highest BCUT2D eigenvalue weighted by Crippen LogP contribution is 2.30. The lowest BCUT2D eigenvalue weighted by Gasteiger charge is -2.17. The summed E-state index contributed by atoms with van der Waals surface area (Å²) in [6.07, 6.45) is 0. The van der Waals surface area contributed by atoms with E-state index in [0.717, 1.165) is 5.56 Å². The lowest BCUT2D eigenvalue weighted by atomic mass is 10.1. The van der Waals surface area contributed by atoms with E-state index in [1.807, 2.05) is 39.0 Å². The number of benzene rings is 2. The van der Waals surface area contributed by atoms with Crippen molar-refractivity contribution in [1.82, 2.24) is 10.6 Å². The number of hydrogen-bond donors (Lipinski definition) is 2. The lowest BCUT2D eigenvalue weighted by Crippen LogP contribution is -2.38. The van der Waals surface area contributed by atoms with E-state index in [2.05, 4.69) is 10.6 Å². The molecule has 7 heteroatoms. The maximum absolute atomic E-state index is 12.2. The fourth-order valence-corrected chi connectivity index (χ4v) is 2.70. The van der Waals surface area contributed by atoms with Crippen LogP contribution in [0.2, 0.25) is 5.02 Å². The predicted molar refractivity (Wildman–Crippen MR) is 109 cm³/mol. The van der Waals surface area contributed by atoms with E-state index in [9.17, 15) is 9.59 Å². The minimum atomic E-state index is -0.334. The average molecular weight is 405 g/mol. The highest BCUT2D eigenvalue weighted by atomic mass is 35.5. The molecule has 6 nitrogen and oxygen atoms in total. The Morgan fingerprint density at radius 1 is 1.00 bits per heavy atom. The number of rotatable bonds is 9. The number of carbonyl (C=O) groups is 2. The van der Waals surface area contributed by atoms with Crippen LogP contribution in [0, 0.1) is 0 Å². The van der Waals surface area contributed by atoms with Gasteiger partial charge in [-0.15, -0.1) is 0 Å². The molecule has 0 spiro atoms. The number of nitrogens with one attached hydrogen (secondary N) is 2. The van der Waals surface area contributed by atoms with Gasteiger partial charge in [0.15, 0.2) is 11.5 Å². The molecule has 2 N–H and O–H groups in total. The summed E-state index contributed by atoms with van der Waals surface area (Å²) in [5.74, 6) is 0.682. The van der Waals surface area contributed by atoms with Gasteiger partial charge in [-0.25, -0.2) is 0 Å². The van der Waals surface area contributed by atoms with Crippen LogP contribution in [0.4, 0.5) is 0 Å². The van der Waals surface area contributed by atoms with Crippen LogP contribution in [0.3, 0.4) is 0 Å². The molecule has 0 aromatic heterocycles. The molecule has 0 saturated heterocycles. The zero-order valence-electron chi connectivity index (χ0n) is 16.3. The molecule has 0 aliphatic rings. The molecule has 0 bridgehead atoms. The average Bonchev–Trinajstić information content (AvgIpc) is 2.68. The van der Waals surface area contributed by atoms with Crippen molar-refractivity contribution >= 4 is 23.4 Å². The third-order valence-corrected chi connectivity index (χ3v) is 4.21. The molecule has 150 valence electrons. The molecular formula is C21H25ClN2O4. The fraction of sp³-hybridized carbons (Fsp3) is 0.333. The van der Waals surface area contributed by atoms with Crippen molar-refractivity contribution in [3.63, 3.8) is 0 Å². The Hall–Kier alpha value is -2.73. The first-order valence-electron chi connectivity index (χ1n) is 9.17. The van der Waals surface area contributed by atoms with Gasteiger partial charge in [0.25, 0.3) is 5.91 Å². The zero-order chi connectivity index (χ0) is 20.5. The molecule has 1 atom stereocenters. The Kier molecular flexibility index (Phi) is 8.14. The van der Waals surface area contributed by atoms with E-state index < -0.39 is 0 Å². The second-order valence-corrected chi connectivity index (χ2v) is 6.49. The van der Waals surface area contributed by atoms with Gasteiger partial charge in [0.05, 0.1) is 25.8 Å². The number of carbonyl (C=O) groups excluding carboxylic acids is 2. The quantitative estimate of drug-likeness (QED) is 0.667. The van der Waals surface area contributed by atoms with Crippen LogP contribution in [0.25, 0.3) is 0 Å². The fourth-order valence-electron chi connectivity index (χ4n) is 2.58. The summed E-state index contributed by atoms with van der Waals surface area (Å²) in [7, 11) is 0. The Balaban J connectivity index is 1.93. The van der Waals surface area contributed by atoms with Gasteiger partial charge >= 0.3 is 0 Å². The van der Waals surface area contributed by atoms with Crippen molar-refractivity contribution in [1.29, 1.82) is 0 Å². The van der Waals surface area contributed by atoms with E-state index in [1.165, 1.54) is 0 Å². The van der Waals surface area contributed by atoms with Crippen LogP contribution >= 0.6 is 11.6 Å². The van der Waals surface area contributed by atoms with Crippen molar-refractivity contribution in [2.75, 3.05) is 19.8 Å². The van der Waals surface area contributed by atoms with E-state index in [-0.39, 0.29) is 24.4 Å². The van der Waals surface area contributed by atoms with Gasteiger partial charge in [0.1, 0.15) is 0 Å². The zero-order valence-corrected chi connectivity index (χ0v) is 17.0. The molecule has 0 aliphatic heterocycles. The summed E-state index contributed by atoms with van der Waals surface area (Å²) in [6.45, 7) is 6.60. The molecule has 0 fully saturated rings. The molecule has 2 aromatic rings. The molecule has 0 radical (unpaired) electrons. The summed E-state index contributed by atoms with van der Waals surface area (Å²) in [6, 6.07) is 11.8. The van der Waals surface area contributed by atoms with Gasteiger partial charge in [-0.2, -0.15) is 0 Å². The van der Waals surface area contributed by atoms with Crippen LogP contribution in [0.1, 0.15) is 42.7 Å². The number of halogens is 1. The maximum atomic E-state index is 12.2. The predicted octanol–water partition coefficient (Wildman–Crippen LogP) is 3.74. The van der Waals surface area contributed by atoms with Gasteiger partial charge in [-0.3, -0.25) is 9.59 Å². The smallest absolute Gasteiger partial charge is 0.251 e. The van der Waals surface area contributed by atoms with Crippen LogP contribution in [0.5, 0.6) is 11.5 Å². The minimum Gasteiger partial charge on any atom is -0.490 e. The molecule has 2 amide bonds. The Morgan fingerprint density at radius 3 is 2.29 bits per heavy atom. The Bertz CT molecular complexity index is 809. The minimum absolute atomic E-state index is 0.124. The van der Waals surface area contributed by atoms with E-state index in [0.29, 0.717) is 35.3 Å². The lowest BCUT2D eigenvalue weighted by molar-refractivity contribution is -0.120. The summed E-state index contributed by atoms with van der Waals surface area (Å²) < 4.78 is 11.2. The summed E-state index contributed by atoms with van der Waals surface area (Å²) >= 11 is 5.80. The highest BCUT2D eigenvalue weighted by molar-refractivity contribution is 6.30.